The zero-order valence-corrected chi connectivity index (χ0v) is 8.17. The van der Waals surface area contributed by atoms with Crippen molar-refractivity contribution >= 4 is 10.9 Å². The van der Waals surface area contributed by atoms with Gasteiger partial charge in [0.25, 0.3) is 0 Å². The Balaban J connectivity index is 0.000000396. The molecule has 0 bridgehead atoms. The minimum atomic E-state index is 0.601. The Morgan fingerprint density at radius 2 is 1.92 bits per heavy atom. The molecule has 0 unspecified atom stereocenters. The molecule has 1 aromatic heterocycles. The third-order valence-corrected chi connectivity index (χ3v) is 1.89. The van der Waals surface area contributed by atoms with E-state index in [1.807, 2.05) is 32.2 Å². The summed E-state index contributed by atoms with van der Waals surface area (Å²) in [6, 6.07) is 8.16. The molecule has 13 heavy (non-hydrogen) atoms. The molecule has 0 amide bonds. The molecule has 0 saturated carbocycles. The summed E-state index contributed by atoms with van der Waals surface area (Å²) >= 11 is 0. The summed E-state index contributed by atoms with van der Waals surface area (Å²) in [5, 5.41) is 1.23. The molecule has 1 aromatic carbocycles. The minimum absolute atomic E-state index is 0.601. The Kier molecular flexibility index (Phi) is 3.53. The molecular formula is C11H16N2. The molecular weight excluding hydrogens is 160 g/mol. The molecule has 0 aliphatic carbocycles. The number of nitrogens with two attached hydrogens (primary N) is 1. The van der Waals surface area contributed by atoms with Crippen LogP contribution >= 0.6 is 0 Å². The maximum atomic E-state index is 5.54. The van der Waals surface area contributed by atoms with Crippen molar-refractivity contribution in [2.45, 2.75) is 20.4 Å². The van der Waals surface area contributed by atoms with E-state index in [1.54, 1.807) is 0 Å². The largest absolute Gasteiger partial charge is 0.361 e. The van der Waals surface area contributed by atoms with Crippen LogP contribution in [-0.2, 0) is 6.54 Å². The molecule has 2 rings (SSSR count). The van der Waals surface area contributed by atoms with Crippen LogP contribution in [0.2, 0.25) is 0 Å². The number of para-hydroxylation sites is 1. The van der Waals surface area contributed by atoms with E-state index in [0.29, 0.717) is 6.54 Å². The second-order valence-corrected chi connectivity index (χ2v) is 2.56. The van der Waals surface area contributed by atoms with E-state index in [9.17, 15) is 0 Å². The molecule has 3 N–H and O–H groups in total. The van der Waals surface area contributed by atoms with E-state index in [1.165, 1.54) is 10.9 Å². The molecule has 1 heterocycles. The van der Waals surface area contributed by atoms with Crippen LogP contribution in [0.3, 0.4) is 0 Å². The number of benzene rings is 1. The maximum Gasteiger partial charge on any atom is 0.0457 e. The Morgan fingerprint density at radius 1 is 1.23 bits per heavy atom. The number of H-pyrrole nitrogens is 1. The molecule has 70 valence electrons. The molecule has 0 radical (unpaired) electrons. The van der Waals surface area contributed by atoms with Crippen molar-refractivity contribution in [3.63, 3.8) is 0 Å². The van der Waals surface area contributed by atoms with Crippen molar-refractivity contribution in [2.75, 3.05) is 0 Å². The fourth-order valence-electron chi connectivity index (χ4n) is 1.30. The number of hydrogen-bond acceptors (Lipinski definition) is 1. The molecule has 0 spiro atoms. The zero-order valence-electron chi connectivity index (χ0n) is 8.17. The molecule has 0 saturated heterocycles. The van der Waals surface area contributed by atoms with Crippen molar-refractivity contribution in [1.29, 1.82) is 0 Å². The maximum absolute atomic E-state index is 5.54. The fourth-order valence-corrected chi connectivity index (χ4v) is 1.30. The first-order chi connectivity index (χ1) is 6.42. The van der Waals surface area contributed by atoms with Gasteiger partial charge in [0.1, 0.15) is 0 Å². The summed E-state index contributed by atoms with van der Waals surface area (Å²) in [4.78, 5) is 3.16. The van der Waals surface area contributed by atoms with Crippen LogP contribution in [0.25, 0.3) is 10.9 Å². The van der Waals surface area contributed by atoms with Gasteiger partial charge in [0, 0.05) is 23.6 Å². The summed E-state index contributed by atoms with van der Waals surface area (Å²) in [6.45, 7) is 4.60. The van der Waals surface area contributed by atoms with Crippen molar-refractivity contribution < 1.29 is 0 Å². The van der Waals surface area contributed by atoms with Gasteiger partial charge in [-0.15, -0.1) is 0 Å². The lowest BCUT2D eigenvalue weighted by molar-refractivity contribution is 1.08. The molecule has 0 aliphatic rings. The molecule has 2 nitrogen and oxygen atoms in total. The Bertz CT molecular complexity index is 363. The van der Waals surface area contributed by atoms with Gasteiger partial charge in [-0.2, -0.15) is 0 Å². The molecule has 0 aliphatic heterocycles. The highest BCUT2D eigenvalue weighted by Gasteiger charge is 1.98. The van der Waals surface area contributed by atoms with Gasteiger partial charge >= 0.3 is 0 Å². The van der Waals surface area contributed by atoms with Gasteiger partial charge in [-0.3, -0.25) is 0 Å². The summed E-state index contributed by atoms with van der Waals surface area (Å²) in [7, 11) is 0. The van der Waals surface area contributed by atoms with E-state index in [4.69, 9.17) is 5.73 Å². The SMILES string of the molecule is CC.NCc1c[nH]c2ccccc12. The Morgan fingerprint density at radius 3 is 2.62 bits per heavy atom. The second kappa shape index (κ2) is 4.67. The van der Waals surface area contributed by atoms with E-state index in [0.717, 1.165) is 5.52 Å². The van der Waals surface area contributed by atoms with Gasteiger partial charge in [-0.25, -0.2) is 0 Å². The summed E-state index contributed by atoms with van der Waals surface area (Å²) < 4.78 is 0. The van der Waals surface area contributed by atoms with E-state index in [2.05, 4.69) is 17.1 Å². The van der Waals surface area contributed by atoms with Gasteiger partial charge < -0.3 is 10.7 Å². The van der Waals surface area contributed by atoms with E-state index in [-0.39, 0.29) is 0 Å². The average molecular weight is 176 g/mol. The molecule has 0 fully saturated rings. The van der Waals surface area contributed by atoms with Gasteiger partial charge in [0.05, 0.1) is 0 Å². The van der Waals surface area contributed by atoms with Crippen molar-refractivity contribution in [3.8, 4) is 0 Å². The quantitative estimate of drug-likeness (QED) is 0.689. The van der Waals surface area contributed by atoms with Gasteiger partial charge in [0.2, 0.25) is 0 Å². The van der Waals surface area contributed by atoms with Crippen molar-refractivity contribution in [3.05, 3.63) is 36.0 Å². The monoisotopic (exact) mass is 176 g/mol. The number of nitrogens with one attached hydrogen (secondary N) is 1. The van der Waals surface area contributed by atoms with Gasteiger partial charge in [-0.1, -0.05) is 32.0 Å². The Hall–Kier alpha value is -1.28. The fraction of sp³-hybridized carbons (Fsp3) is 0.273. The Labute approximate surface area is 78.8 Å². The van der Waals surface area contributed by atoms with Crippen LogP contribution < -0.4 is 5.73 Å². The first-order valence-electron chi connectivity index (χ1n) is 4.67. The van der Waals surface area contributed by atoms with Crippen LogP contribution in [0.15, 0.2) is 30.5 Å². The summed E-state index contributed by atoms with van der Waals surface area (Å²) in [5.41, 5.74) is 7.88. The predicted molar refractivity (Wildman–Crippen MR) is 57.5 cm³/mol. The van der Waals surface area contributed by atoms with Crippen molar-refractivity contribution in [2.24, 2.45) is 5.73 Å². The predicted octanol–water partition coefficient (Wildman–Crippen LogP) is 2.65. The van der Waals surface area contributed by atoms with Crippen LogP contribution in [0, 0.1) is 0 Å². The standard InChI is InChI=1S/C9H10N2.C2H6/c10-5-7-6-11-9-4-2-1-3-8(7)9;1-2/h1-4,6,11H,5,10H2;1-2H3. The highest BCUT2D eigenvalue weighted by molar-refractivity contribution is 5.82. The van der Waals surface area contributed by atoms with Gasteiger partial charge in [0.15, 0.2) is 0 Å². The lowest BCUT2D eigenvalue weighted by Crippen LogP contribution is -1.93. The second-order valence-electron chi connectivity index (χ2n) is 2.56. The number of rotatable bonds is 1. The normalized spacial score (nSPS) is 9.46. The molecule has 2 aromatic rings. The smallest absolute Gasteiger partial charge is 0.0457 e. The van der Waals surface area contributed by atoms with Gasteiger partial charge in [-0.05, 0) is 11.6 Å². The topological polar surface area (TPSA) is 41.8 Å². The number of aromatic amines is 1. The first-order valence-corrected chi connectivity index (χ1v) is 4.67. The highest BCUT2D eigenvalue weighted by atomic mass is 14.7. The third-order valence-electron chi connectivity index (χ3n) is 1.89. The van der Waals surface area contributed by atoms with Crippen molar-refractivity contribution in [1.82, 2.24) is 4.98 Å². The number of hydrogen-bond donors (Lipinski definition) is 2. The van der Waals surface area contributed by atoms with E-state index >= 15 is 0 Å². The highest BCUT2D eigenvalue weighted by Crippen LogP contribution is 2.16. The number of fused-ring (bicyclic) bond motifs is 1. The first kappa shape index (κ1) is 9.81. The minimum Gasteiger partial charge on any atom is -0.361 e. The van der Waals surface area contributed by atoms with Crippen LogP contribution in [0.5, 0.6) is 0 Å². The van der Waals surface area contributed by atoms with Crippen LogP contribution in [0.4, 0.5) is 0 Å². The summed E-state index contributed by atoms with van der Waals surface area (Å²) in [5.74, 6) is 0. The molecule has 2 heteroatoms. The molecule has 0 atom stereocenters. The average Bonchev–Trinajstić information content (AvgIpc) is 2.64. The van der Waals surface area contributed by atoms with Crippen LogP contribution in [0.1, 0.15) is 19.4 Å². The lowest BCUT2D eigenvalue weighted by Gasteiger charge is -1.90. The van der Waals surface area contributed by atoms with E-state index < -0.39 is 0 Å². The lowest BCUT2D eigenvalue weighted by atomic mass is 10.2. The summed E-state index contributed by atoms with van der Waals surface area (Å²) in [6.07, 6.45) is 1.96. The zero-order chi connectivity index (χ0) is 9.68. The third kappa shape index (κ3) is 1.90. The van der Waals surface area contributed by atoms with Crippen LogP contribution in [-0.4, -0.2) is 4.98 Å². The number of aromatic nitrogens is 1.